The lowest BCUT2D eigenvalue weighted by molar-refractivity contribution is 0.0697. The van der Waals surface area contributed by atoms with Gasteiger partial charge in [-0.05, 0) is 25.1 Å². The highest BCUT2D eigenvalue weighted by molar-refractivity contribution is 5.94. The molecular formula is C17H13NO4. The van der Waals surface area contributed by atoms with Crippen LogP contribution >= 0.6 is 0 Å². The smallest absolute Gasteiger partial charge is 0.335 e. The topological polar surface area (TPSA) is 90.4 Å². The number of pyridine rings is 1. The number of carbonyl (C=O) groups is 1. The summed E-state index contributed by atoms with van der Waals surface area (Å²) in [5.74, 6) is -1.45. The number of aromatic hydroxyl groups is 1. The molecule has 3 rings (SSSR count). The second-order valence-corrected chi connectivity index (χ2v) is 5.11. The van der Waals surface area contributed by atoms with Gasteiger partial charge in [-0.2, -0.15) is 0 Å². The minimum atomic E-state index is -1.08. The summed E-state index contributed by atoms with van der Waals surface area (Å²) in [5, 5.41) is 19.4. The van der Waals surface area contributed by atoms with E-state index in [0.29, 0.717) is 11.1 Å². The Kier molecular flexibility index (Phi) is 3.18. The normalized spacial score (nSPS) is 10.8. The zero-order valence-electron chi connectivity index (χ0n) is 11.8. The van der Waals surface area contributed by atoms with Gasteiger partial charge in [-0.25, -0.2) is 4.79 Å². The first-order valence-corrected chi connectivity index (χ1v) is 6.66. The molecule has 1 aromatic heterocycles. The van der Waals surface area contributed by atoms with Crippen LogP contribution in [0.2, 0.25) is 0 Å². The number of H-pyrrole nitrogens is 1. The Morgan fingerprint density at radius 3 is 2.41 bits per heavy atom. The van der Waals surface area contributed by atoms with E-state index >= 15 is 0 Å². The van der Waals surface area contributed by atoms with Crippen molar-refractivity contribution in [3.05, 3.63) is 63.8 Å². The Bertz CT molecular complexity index is 939. The number of benzene rings is 2. The molecular weight excluding hydrogens is 282 g/mol. The number of rotatable bonds is 2. The van der Waals surface area contributed by atoms with E-state index in [1.165, 1.54) is 18.2 Å². The fourth-order valence-electron chi connectivity index (χ4n) is 2.34. The first-order chi connectivity index (χ1) is 10.5. The van der Waals surface area contributed by atoms with E-state index in [2.05, 4.69) is 4.98 Å². The molecule has 0 bridgehead atoms. The molecule has 0 saturated carbocycles. The van der Waals surface area contributed by atoms with Crippen LogP contribution < -0.4 is 5.43 Å². The van der Waals surface area contributed by atoms with Crippen LogP contribution in [0, 0.1) is 6.92 Å². The molecule has 0 aliphatic rings. The van der Waals surface area contributed by atoms with E-state index in [1.807, 2.05) is 19.1 Å². The molecule has 1 heterocycles. The van der Waals surface area contributed by atoms with Gasteiger partial charge in [-0.15, -0.1) is 0 Å². The van der Waals surface area contributed by atoms with E-state index in [1.54, 1.807) is 12.1 Å². The van der Waals surface area contributed by atoms with Crippen molar-refractivity contribution in [1.29, 1.82) is 0 Å². The van der Waals surface area contributed by atoms with Crippen molar-refractivity contribution >= 4 is 16.9 Å². The fourth-order valence-corrected chi connectivity index (χ4v) is 2.34. The average molecular weight is 295 g/mol. The summed E-state index contributed by atoms with van der Waals surface area (Å²) in [6.07, 6.45) is 0. The fraction of sp³-hybridized carbons (Fsp3) is 0.0588. The molecule has 0 fully saturated rings. The summed E-state index contributed by atoms with van der Waals surface area (Å²) < 4.78 is 0. The van der Waals surface area contributed by atoms with Crippen LogP contribution in [0.4, 0.5) is 0 Å². The third kappa shape index (κ3) is 2.22. The van der Waals surface area contributed by atoms with E-state index < -0.39 is 11.4 Å². The molecule has 22 heavy (non-hydrogen) atoms. The number of hydrogen-bond acceptors (Lipinski definition) is 3. The van der Waals surface area contributed by atoms with Crippen molar-refractivity contribution in [3.8, 4) is 17.0 Å². The largest absolute Gasteiger partial charge is 0.503 e. The SMILES string of the molecule is Cc1ccc(-c2[nH]c3cc(C(=O)O)ccc3c(=O)c2O)cc1. The molecule has 2 aromatic carbocycles. The van der Waals surface area contributed by atoms with Crippen molar-refractivity contribution in [3.63, 3.8) is 0 Å². The molecule has 3 aromatic rings. The number of carboxylic acids is 1. The monoisotopic (exact) mass is 295 g/mol. The lowest BCUT2D eigenvalue weighted by Crippen LogP contribution is -2.06. The molecule has 0 saturated heterocycles. The quantitative estimate of drug-likeness (QED) is 0.678. The molecule has 0 unspecified atom stereocenters. The second-order valence-electron chi connectivity index (χ2n) is 5.11. The number of hydrogen-bond donors (Lipinski definition) is 3. The van der Waals surface area contributed by atoms with E-state index in [9.17, 15) is 14.7 Å². The van der Waals surface area contributed by atoms with Gasteiger partial charge in [0.25, 0.3) is 0 Å². The van der Waals surface area contributed by atoms with Gasteiger partial charge in [0, 0.05) is 10.9 Å². The van der Waals surface area contributed by atoms with Crippen molar-refractivity contribution in [2.45, 2.75) is 6.92 Å². The minimum absolute atomic E-state index is 0.0729. The Labute approximate surface area is 125 Å². The van der Waals surface area contributed by atoms with Gasteiger partial charge >= 0.3 is 5.97 Å². The van der Waals surface area contributed by atoms with Crippen molar-refractivity contribution in [2.24, 2.45) is 0 Å². The minimum Gasteiger partial charge on any atom is -0.503 e. The van der Waals surface area contributed by atoms with Gasteiger partial charge in [-0.3, -0.25) is 4.79 Å². The van der Waals surface area contributed by atoms with Crippen LogP contribution in [0.5, 0.6) is 5.75 Å². The number of aromatic carboxylic acids is 1. The van der Waals surface area contributed by atoms with Gasteiger partial charge in [0.15, 0.2) is 5.75 Å². The molecule has 0 atom stereocenters. The maximum absolute atomic E-state index is 12.3. The van der Waals surface area contributed by atoms with Crippen LogP contribution in [-0.4, -0.2) is 21.2 Å². The Hall–Kier alpha value is -3.08. The van der Waals surface area contributed by atoms with Gasteiger partial charge in [0.2, 0.25) is 5.43 Å². The van der Waals surface area contributed by atoms with E-state index in [4.69, 9.17) is 5.11 Å². The summed E-state index contributed by atoms with van der Waals surface area (Å²) in [7, 11) is 0. The number of fused-ring (bicyclic) bond motifs is 1. The Morgan fingerprint density at radius 2 is 1.77 bits per heavy atom. The number of aromatic amines is 1. The summed E-state index contributed by atoms with van der Waals surface area (Å²) in [6, 6.07) is 11.4. The summed E-state index contributed by atoms with van der Waals surface area (Å²) in [6.45, 7) is 1.94. The van der Waals surface area contributed by atoms with Crippen molar-refractivity contribution < 1.29 is 15.0 Å². The van der Waals surface area contributed by atoms with Crippen molar-refractivity contribution in [2.75, 3.05) is 0 Å². The predicted molar refractivity (Wildman–Crippen MR) is 83.4 cm³/mol. The summed E-state index contributed by atoms with van der Waals surface area (Å²) in [4.78, 5) is 26.3. The van der Waals surface area contributed by atoms with Crippen molar-refractivity contribution in [1.82, 2.24) is 4.98 Å². The molecule has 0 aliphatic carbocycles. The lowest BCUT2D eigenvalue weighted by Gasteiger charge is -2.08. The summed E-state index contributed by atoms with van der Waals surface area (Å²) in [5.41, 5.74) is 1.91. The summed E-state index contributed by atoms with van der Waals surface area (Å²) >= 11 is 0. The second kappa shape index (κ2) is 5.04. The highest BCUT2D eigenvalue weighted by atomic mass is 16.4. The number of carboxylic acid groups (broad SMARTS) is 1. The van der Waals surface area contributed by atoms with Crippen LogP contribution in [0.25, 0.3) is 22.2 Å². The number of aryl methyl sites for hydroxylation is 1. The van der Waals surface area contributed by atoms with E-state index in [0.717, 1.165) is 5.56 Å². The van der Waals surface area contributed by atoms with Gasteiger partial charge in [0.1, 0.15) is 0 Å². The molecule has 5 heteroatoms. The van der Waals surface area contributed by atoms with Crippen LogP contribution in [-0.2, 0) is 0 Å². The average Bonchev–Trinajstić information content (AvgIpc) is 2.51. The van der Waals surface area contributed by atoms with Crippen LogP contribution in [0.1, 0.15) is 15.9 Å². The molecule has 0 aliphatic heterocycles. The Balaban J connectivity index is 2.31. The molecule has 0 radical (unpaired) electrons. The Morgan fingerprint density at radius 1 is 1.09 bits per heavy atom. The van der Waals surface area contributed by atoms with Gasteiger partial charge < -0.3 is 15.2 Å². The maximum atomic E-state index is 12.3. The molecule has 110 valence electrons. The highest BCUT2D eigenvalue weighted by Gasteiger charge is 2.14. The van der Waals surface area contributed by atoms with Gasteiger partial charge in [-0.1, -0.05) is 29.8 Å². The van der Waals surface area contributed by atoms with Crippen LogP contribution in [0.3, 0.4) is 0 Å². The maximum Gasteiger partial charge on any atom is 0.335 e. The van der Waals surface area contributed by atoms with Crippen LogP contribution in [0.15, 0.2) is 47.3 Å². The van der Waals surface area contributed by atoms with Gasteiger partial charge in [0.05, 0.1) is 16.8 Å². The highest BCUT2D eigenvalue weighted by Crippen LogP contribution is 2.27. The first-order valence-electron chi connectivity index (χ1n) is 6.66. The molecule has 0 amide bonds. The third-order valence-electron chi connectivity index (χ3n) is 3.56. The zero-order valence-corrected chi connectivity index (χ0v) is 11.8. The molecule has 0 spiro atoms. The zero-order chi connectivity index (χ0) is 15.9. The van der Waals surface area contributed by atoms with E-state index in [-0.39, 0.29) is 22.4 Å². The third-order valence-corrected chi connectivity index (χ3v) is 3.56. The first kappa shape index (κ1) is 13.9. The molecule has 5 nitrogen and oxygen atoms in total. The number of aromatic nitrogens is 1. The standard InChI is InChI=1S/C17H13NO4/c1-9-2-4-10(5-3-9)14-16(20)15(19)12-7-6-11(17(21)22)8-13(12)18-14/h2-8,20H,1H3,(H,18,19)(H,21,22). The molecule has 3 N–H and O–H groups in total. The predicted octanol–water partition coefficient (Wildman–Crippen LogP) is 2.91. The number of nitrogens with one attached hydrogen (secondary N) is 1. The lowest BCUT2D eigenvalue weighted by atomic mass is 10.1.